The van der Waals surface area contributed by atoms with Crippen LogP contribution in [-0.2, 0) is 16.0 Å². The van der Waals surface area contributed by atoms with Gasteiger partial charge in [-0.1, -0.05) is 26.0 Å². The fourth-order valence-corrected chi connectivity index (χ4v) is 2.71. The molecule has 0 aromatic heterocycles. The van der Waals surface area contributed by atoms with E-state index in [1.54, 1.807) is 31.4 Å². The van der Waals surface area contributed by atoms with Gasteiger partial charge in [-0.05, 0) is 55.1 Å². The highest BCUT2D eigenvalue weighted by Crippen LogP contribution is 2.14. The van der Waals surface area contributed by atoms with Crippen LogP contribution in [0.15, 0.2) is 48.5 Å². The summed E-state index contributed by atoms with van der Waals surface area (Å²) in [5.41, 5.74) is 2.00. The standard InChI is InChI=1S/C22H28N2O4/c1-4-24(5-2)14-15-28-22(26)18-8-10-19(11-9-18)23-21(25)16-17-6-12-20(27-3)13-7-17/h6-13H,4-5,14-16H2,1-3H3,(H,23,25). The van der Waals surface area contributed by atoms with E-state index in [9.17, 15) is 9.59 Å². The zero-order valence-electron chi connectivity index (χ0n) is 16.7. The van der Waals surface area contributed by atoms with Crippen molar-refractivity contribution in [3.05, 3.63) is 59.7 Å². The lowest BCUT2D eigenvalue weighted by Gasteiger charge is -2.17. The number of carbonyl (C=O) groups is 2. The molecule has 0 aliphatic rings. The van der Waals surface area contributed by atoms with Gasteiger partial charge in [0.1, 0.15) is 12.4 Å². The Kier molecular flexibility index (Phi) is 8.49. The van der Waals surface area contributed by atoms with Crippen LogP contribution < -0.4 is 10.1 Å². The van der Waals surface area contributed by atoms with Crippen LogP contribution >= 0.6 is 0 Å². The molecule has 150 valence electrons. The third-order valence-corrected chi connectivity index (χ3v) is 4.46. The van der Waals surface area contributed by atoms with E-state index in [0.717, 1.165) is 30.9 Å². The molecule has 6 heteroatoms. The van der Waals surface area contributed by atoms with Gasteiger partial charge >= 0.3 is 5.97 Å². The molecule has 2 aromatic rings. The molecule has 1 N–H and O–H groups in total. The van der Waals surface area contributed by atoms with Crippen LogP contribution in [0.4, 0.5) is 5.69 Å². The molecule has 0 saturated heterocycles. The number of nitrogens with one attached hydrogen (secondary N) is 1. The number of likely N-dealkylation sites (N-methyl/N-ethyl adjacent to an activating group) is 1. The monoisotopic (exact) mass is 384 g/mol. The van der Waals surface area contributed by atoms with Crippen molar-refractivity contribution >= 4 is 17.6 Å². The van der Waals surface area contributed by atoms with E-state index >= 15 is 0 Å². The van der Waals surface area contributed by atoms with Crippen LogP contribution in [0.1, 0.15) is 29.8 Å². The Morgan fingerprint density at radius 1 is 0.964 bits per heavy atom. The van der Waals surface area contributed by atoms with Crippen LogP contribution in [-0.4, -0.2) is 50.1 Å². The predicted octanol–water partition coefficient (Wildman–Crippen LogP) is 3.38. The Morgan fingerprint density at radius 3 is 2.18 bits per heavy atom. The second-order valence-electron chi connectivity index (χ2n) is 6.31. The van der Waals surface area contributed by atoms with Gasteiger partial charge in [0, 0.05) is 12.2 Å². The number of methoxy groups -OCH3 is 1. The van der Waals surface area contributed by atoms with Crippen molar-refractivity contribution in [2.24, 2.45) is 0 Å². The predicted molar refractivity (Wildman–Crippen MR) is 110 cm³/mol. The van der Waals surface area contributed by atoms with Gasteiger partial charge in [0.15, 0.2) is 0 Å². The normalized spacial score (nSPS) is 10.6. The molecule has 0 atom stereocenters. The van der Waals surface area contributed by atoms with Crippen molar-refractivity contribution in [2.75, 3.05) is 38.7 Å². The van der Waals surface area contributed by atoms with Crippen molar-refractivity contribution < 1.29 is 19.1 Å². The zero-order valence-corrected chi connectivity index (χ0v) is 16.7. The lowest BCUT2D eigenvalue weighted by atomic mass is 10.1. The molecule has 0 fully saturated rings. The van der Waals surface area contributed by atoms with Gasteiger partial charge in [0.25, 0.3) is 0 Å². The maximum absolute atomic E-state index is 12.2. The molecule has 0 radical (unpaired) electrons. The molecule has 28 heavy (non-hydrogen) atoms. The number of amides is 1. The number of anilines is 1. The topological polar surface area (TPSA) is 67.9 Å². The number of hydrogen-bond acceptors (Lipinski definition) is 5. The first kappa shape index (κ1) is 21.4. The highest BCUT2D eigenvalue weighted by atomic mass is 16.5. The number of ether oxygens (including phenoxy) is 2. The second-order valence-corrected chi connectivity index (χ2v) is 6.31. The fraction of sp³-hybridized carbons (Fsp3) is 0.364. The average Bonchev–Trinajstić information content (AvgIpc) is 2.72. The van der Waals surface area contributed by atoms with Gasteiger partial charge in [-0.15, -0.1) is 0 Å². The van der Waals surface area contributed by atoms with Crippen LogP contribution in [0.3, 0.4) is 0 Å². The van der Waals surface area contributed by atoms with E-state index < -0.39 is 0 Å². The summed E-state index contributed by atoms with van der Waals surface area (Å²) in [7, 11) is 1.60. The van der Waals surface area contributed by atoms with Crippen LogP contribution in [0.25, 0.3) is 0 Å². The van der Waals surface area contributed by atoms with E-state index in [2.05, 4.69) is 24.1 Å². The Morgan fingerprint density at radius 2 is 1.61 bits per heavy atom. The van der Waals surface area contributed by atoms with E-state index in [1.807, 2.05) is 24.3 Å². The van der Waals surface area contributed by atoms with Gasteiger partial charge < -0.3 is 19.7 Å². The molecular formula is C22H28N2O4. The van der Waals surface area contributed by atoms with E-state index in [4.69, 9.17) is 9.47 Å². The highest BCUT2D eigenvalue weighted by molar-refractivity contribution is 5.94. The fourth-order valence-electron chi connectivity index (χ4n) is 2.71. The molecule has 2 aromatic carbocycles. The minimum atomic E-state index is -0.358. The molecule has 6 nitrogen and oxygen atoms in total. The van der Waals surface area contributed by atoms with Crippen molar-refractivity contribution in [1.29, 1.82) is 0 Å². The SMILES string of the molecule is CCN(CC)CCOC(=O)c1ccc(NC(=O)Cc2ccc(OC)cc2)cc1. The van der Waals surface area contributed by atoms with Crippen LogP contribution in [0.5, 0.6) is 5.75 Å². The number of carbonyl (C=O) groups excluding carboxylic acids is 2. The Balaban J connectivity index is 1.82. The van der Waals surface area contributed by atoms with Crippen molar-refractivity contribution in [1.82, 2.24) is 4.90 Å². The summed E-state index contributed by atoms with van der Waals surface area (Å²) >= 11 is 0. The molecule has 0 saturated carbocycles. The summed E-state index contributed by atoms with van der Waals surface area (Å²) in [6.07, 6.45) is 0.263. The minimum absolute atomic E-state index is 0.125. The van der Waals surface area contributed by atoms with E-state index in [1.165, 1.54) is 0 Å². The quantitative estimate of drug-likeness (QED) is 0.636. The molecule has 0 aliphatic heterocycles. The zero-order chi connectivity index (χ0) is 20.4. The van der Waals surface area contributed by atoms with E-state index in [0.29, 0.717) is 17.9 Å². The molecule has 0 bridgehead atoms. The van der Waals surface area contributed by atoms with Gasteiger partial charge in [0.05, 0.1) is 19.1 Å². The van der Waals surface area contributed by atoms with Gasteiger partial charge in [-0.2, -0.15) is 0 Å². The lowest BCUT2D eigenvalue weighted by molar-refractivity contribution is -0.115. The number of esters is 1. The third-order valence-electron chi connectivity index (χ3n) is 4.46. The van der Waals surface area contributed by atoms with Crippen LogP contribution in [0, 0.1) is 0 Å². The maximum atomic E-state index is 12.2. The molecule has 0 heterocycles. The molecule has 1 amide bonds. The highest BCUT2D eigenvalue weighted by Gasteiger charge is 2.09. The number of benzene rings is 2. The van der Waals surface area contributed by atoms with Gasteiger partial charge in [-0.25, -0.2) is 4.79 Å². The summed E-state index contributed by atoms with van der Waals surface area (Å²) in [4.78, 5) is 26.5. The maximum Gasteiger partial charge on any atom is 0.338 e. The Bertz CT molecular complexity index is 753. The largest absolute Gasteiger partial charge is 0.497 e. The second kappa shape index (κ2) is 11.1. The first-order valence-electron chi connectivity index (χ1n) is 9.48. The summed E-state index contributed by atoms with van der Waals surface area (Å²) in [6, 6.07) is 14.1. The third kappa shape index (κ3) is 6.70. The first-order chi connectivity index (χ1) is 13.5. The average molecular weight is 384 g/mol. The molecule has 2 rings (SSSR count). The molecular weight excluding hydrogens is 356 g/mol. The summed E-state index contributed by atoms with van der Waals surface area (Å²) in [5.74, 6) is 0.270. The Labute approximate surface area is 166 Å². The van der Waals surface area contributed by atoms with Crippen molar-refractivity contribution in [3.63, 3.8) is 0 Å². The Hall–Kier alpha value is -2.86. The summed E-state index contributed by atoms with van der Waals surface area (Å²) < 4.78 is 10.4. The minimum Gasteiger partial charge on any atom is -0.497 e. The number of rotatable bonds is 10. The number of nitrogens with zero attached hydrogens (tertiary/aromatic N) is 1. The summed E-state index contributed by atoms with van der Waals surface area (Å²) in [5, 5.41) is 2.83. The van der Waals surface area contributed by atoms with Gasteiger partial charge in [-0.3, -0.25) is 4.79 Å². The smallest absolute Gasteiger partial charge is 0.338 e. The molecule has 0 spiro atoms. The molecule has 0 unspecified atom stereocenters. The molecule has 0 aliphatic carbocycles. The lowest BCUT2D eigenvalue weighted by Crippen LogP contribution is -2.27. The first-order valence-corrected chi connectivity index (χ1v) is 9.48. The van der Waals surface area contributed by atoms with Crippen molar-refractivity contribution in [3.8, 4) is 5.75 Å². The number of hydrogen-bond donors (Lipinski definition) is 1. The van der Waals surface area contributed by atoms with E-state index in [-0.39, 0.29) is 18.3 Å². The van der Waals surface area contributed by atoms with Gasteiger partial charge in [0.2, 0.25) is 5.91 Å². The van der Waals surface area contributed by atoms with Crippen molar-refractivity contribution in [2.45, 2.75) is 20.3 Å². The summed E-state index contributed by atoms with van der Waals surface area (Å²) in [6.45, 7) is 7.09. The van der Waals surface area contributed by atoms with Crippen LogP contribution in [0.2, 0.25) is 0 Å².